The van der Waals surface area contributed by atoms with Crippen LogP contribution < -0.4 is 10.6 Å². The number of hydrogen-bond acceptors (Lipinski definition) is 11. The summed E-state index contributed by atoms with van der Waals surface area (Å²) in [5.41, 5.74) is -3.38. The maximum absolute atomic E-state index is 14.6. The van der Waals surface area contributed by atoms with Crippen LogP contribution in [-0.2, 0) is 25.0 Å². The number of carbonyl (C=O) groups is 3. The molecule has 14 nitrogen and oxygen atoms in total. The van der Waals surface area contributed by atoms with E-state index in [1.807, 2.05) is 39.9 Å². The molecular formula is C44H70F3N5O9SSi2. The zero-order chi connectivity index (χ0) is 48.9. The van der Waals surface area contributed by atoms with Gasteiger partial charge in [0.15, 0.2) is 33.7 Å². The molecule has 0 unspecified atom stereocenters. The van der Waals surface area contributed by atoms with Crippen LogP contribution in [0.2, 0.25) is 36.3 Å². The predicted octanol–water partition coefficient (Wildman–Crippen LogP) is 7.67. The number of thioether (sulfide) groups is 1. The van der Waals surface area contributed by atoms with E-state index in [4.69, 9.17) is 28.8 Å². The van der Waals surface area contributed by atoms with Crippen LogP contribution in [0.4, 0.5) is 18.0 Å². The number of aromatic nitrogens is 1. The molecule has 3 aliphatic rings. The summed E-state index contributed by atoms with van der Waals surface area (Å²) in [6.45, 7) is 28.0. The number of amidine groups is 1. The zero-order valence-electron chi connectivity index (χ0n) is 39.5. The number of benzene rings is 1. The van der Waals surface area contributed by atoms with Crippen LogP contribution in [0.15, 0.2) is 66.3 Å². The van der Waals surface area contributed by atoms with E-state index in [1.54, 1.807) is 50.4 Å². The van der Waals surface area contributed by atoms with E-state index in [1.165, 1.54) is 27.8 Å². The first kappa shape index (κ1) is 54.8. The van der Waals surface area contributed by atoms with Crippen molar-refractivity contribution in [1.82, 2.24) is 20.1 Å². The van der Waals surface area contributed by atoms with Crippen molar-refractivity contribution in [2.45, 2.75) is 128 Å². The number of ether oxygens (including phenoxy) is 1. The third-order valence-electron chi connectivity index (χ3n) is 13.0. The van der Waals surface area contributed by atoms with Gasteiger partial charge >= 0.3 is 18.2 Å². The average Bonchev–Trinajstić information content (AvgIpc) is 3.88. The highest BCUT2D eigenvalue weighted by Crippen LogP contribution is 2.63. The highest BCUT2D eigenvalue weighted by Gasteiger charge is 2.77. The van der Waals surface area contributed by atoms with Crippen LogP contribution in [0.5, 0.6) is 0 Å². The smallest absolute Gasteiger partial charge is 0.444 e. The summed E-state index contributed by atoms with van der Waals surface area (Å²) in [5.74, 6) is -5.61. The minimum atomic E-state index is -5.33. The molecule has 7 atom stereocenters. The van der Waals surface area contributed by atoms with Crippen LogP contribution >= 0.6 is 11.8 Å². The fraction of sp³-hybridized carbons (Fsp3) is 0.636. The van der Waals surface area contributed by atoms with Gasteiger partial charge in [-0.25, -0.2) is 9.79 Å². The molecule has 2 aromatic rings. The Morgan fingerprint density at radius 2 is 1.55 bits per heavy atom. The van der Waals surface area contributed by atoms with Crippen LogP contribution in [0.1, 0.15) is 77.7 Å². The number of rotatable bonds is 10. The molecule has 0 bridgehead atoms. The summed E-state index contributed by atoms with van der Waals surface area (Å²) in [4.78, 5) is 47.7. The highest BCUT2D eigenvalue weighted by molar-refractivity contribution is 8.13. The molecule has 1 saturated carbocycles. The Labute approximate surface area is 382 Å². The topological polar surface area (TPSA) is 184 Å². The lowest BCUT2D eigenvalue weighted by atomic mass is 9.74. The first-order valence-electron chi connectivity index (χ1n) is 21.4. The number of hydrogen-bond donors (Lipinski definition) is 5. The molecule has 360 valence electrons. The summed E-state index contributed by atoms with van der Waals surface area (Å²) in [7, 11) is -5.43. The molecule has 2 fully saturated rings. The van der Waals surface area contributed by atoms with Crippen molar-refractivity contribution in [2.75, 3.05) is 32.6 Å². The van der Waals surface area contributed by atoms with E-state index >= 15 is 0 Å². The Morgan fingerprint density at radius 3 is 2.05 bits per heavy atom. The van der Waals surface area contributed by atoms with Crippen molar-refractivity contribution >= 4 is 51.5 Å². The van der Waals surface area contributed by atoms with E-state index in [0.717, 1.165) is 17.3 Å². The summed E-state index contributed by atoms with van der Waals surface area (Å²) in [6, 6.07) is 12.1. The molecule has 1 aromatic heterocycles. The van der Waals surface area contributed by atoms with Gasteiger partial charge in [0.05, 0.1) is 11.6 Å². The van der Waals surface area contributed by atoms with Crippen molar-refractivity contribution in [3.63, 3.8) is 0 Å². The molecule has 0 radical (unpaired) electrons. The number of fused-ring (bicyclic) bond motifs is 4. The molecule has 3 heterocycles. The Kier molecular flexibility index (Phi) is 18.0. The van der Waals surface area contributed by atoms with E-state index < -0.39 is 87.0 Å². The second-order valence-electron chi connectivity index (χ2n) is 19.1. The summed E-state index contributed by atoms with van der Waals surface area (Å²) < 4.78 is 64.5. The number of nitrogens with one attached hydrogen (secondary N) is 2. The maximum atomic E-state index is 14.6. The number of aliphatic imine (C=N–C) groups is 1. The standard InChI is InChI=1S/C40H58F3N5O7SSi2.2C2H6O/c1-13-38(45-32(50)40(41,42)43)29-26(27(24-54-57(9,10)36(2,3)4)30(38)55-58(11,12)37(5,6)7)22-48-31(49)28-20-17-21-47(28)33(51)39(29,48)46-34(56-8)44-35(52)53-23-25-18-15-14-16-19-25;2*1-2-3/h13-21,26-27,29-30,33,51H,1,22-24H2,2-12H3,(H,45,50)(H,44,46,52);2*3H,2H2,1H3/t26-,27-,29+,30+,33-,38+,39-;;/m1../s1. The quantitative estimate of drug-likeness (QED) is 0.0686. The molecule has 1 saturated heterocycles. The molecule has 2 aliphatic heterocycles. The third-order valence-corrected chi connectivity index (χ3v) is 22.6. The first-order valence-corrected chi connectivity index (χ1v) is 28.4. The van der Waals surface area contributed by atoms with Crippen LogP contribution in [-0.4, -0.2) is 121 Å². The first-order chi connectivity index (χ1) is 29.5. The Morgan fingerprint density at radius 1 is 0.984 bits per heavy atom. The number of nitrogens with zero attached hydrogens (tertiary/aromatic N) is 3. The lowest BCUT2D eigenvalue weighted by Gasteiger charge is -2.53. The summed E-state index contributed by atoms with van der Waals surface area (Å²) >= 11 is 0.978. The molecule has 64 heavy (non-hydrogen) atoms. The fourth-order valence-corrected chi connectivity index (χ4v) is 10.7. The van der Waals surface area contributed by atoms with Crippen molar-refractivity contribution in [1.29, 1.82) is 0 Å². The van der Waals surface area contributed by atoms with Gasteiger partial charge in [0, 0.05) is 44.4 Å². The number of aliphatic hydroxyl groups excluding tert-OH is 3. The minimum Gasteiger partial charge on any atom is -0.444 e. The van der Waals surface area contributed by atoms with Gasteiger partial charge in [-0.2, -0.15) is 13.2 Å². The van der Waals surface area contributed by atoms with E-state index in [-0.39, 0.29) is 48.9 Å². The summed E-state index contributed by atoms with van der Waals surface area (Å²) in [6.07, 6.45) is -4.77. The van der Waals surface area contributed by atoms with Gasteiger partial charge in [0.25, 0.3) is 5.91 Å². The average molecular weight is 958 g/mol. The van der Waals surface area contributed by atoms with Gasteiger partial charge in [-0.3, -0.25) is 14.9 Å². The lowest BCUT2D eigenvalue weighted by Crippen LogP contribution is -2.70. The molecule has 5 rings (SSSR count). The zero-order valence-corrected chi connectivity index (χ0v) is 42.3. The second-order valence-corrected chi connectivity index (χ2v) is 29.4. The molecule has 20 heteroatoms. The van der Waals surface area contributed by atoms with Crippen molar-refractivity contribution < 1.29 is 56.5 Å². The number of aliphatic hydroxyl groups is 3. The van der Waals surface area contributed by atoms with Gasteiger partial charge in [0.1, 0.15) is 12.3 Å². The van der Waals surface area contributed by atoms with Gasteiger partial charge in [-0.15, -0.1) is 6.58 Å². The van der Waals surface area contributed by atoms with Crippen molar-refractivity contribution in [2.24, 2.45) is 22.7 Å². The molecule has 0 spiro atoms. The highest BCUT2D eigenvalue weighted by atomic mass is 32.2. The van der Waals surface area contributed by atoms with E-state index in [2.05, 4.69) is 51.1 Å². The van der Waals surface area contributed by atoms with Crippen molar-refractivity contribution in [3.05, 3.63) is 72.6 Å². The normalized spacial score (nSPS) is 25.7. The van der Waals surface area contributed by atoms with Gasteiger partial charge in [-0.05, 0) is 80.0 Å². The van der Waals surface area contributed by atoms with Crippen LogP contribution in [0.25, 0.3) is 0 Å². The predicted molar refractivity (Wildman–Crippen MR) is 249 cm³/mol. The Balaban J connectivity index is 0.00000172. The van der Waals surface area contributed by atoms with Crippen LogP contribution in [0.3, 0.4) is 0 Å². The lowest BCUT2D eigenvalue weighted by molar-refractivity contribution is -0.178. The van der Waals surface area contributed by atoms with Crippen molar-refractivity contribution in [3.8, 4) is 0 Å². The summed E-state index contributed by atoms with van der Waals surface area (Å²) in [5, 5.41) is 32.0. The van der Waals surface area contributed by atoms with Gasteiger partial charge in [0.2, 0.25) is 0 Å². The molecule has 1 aromatic carbocycles. The van der Waals surface area contributed by atoms with E-state index in [0.29, 0.717) is 0 Å². The third kappa shape index (κ3) is 11.2. The fourth-order valence-electron chi connectivity index (χ4n) is 7.91. The largest absolute Gasteiger partial charge is 0.471 e. The van der Waals surface area contributed by atoms with Crippen LogP contribution in [0, 0.1) is 17.8 Å². The number of alkyl halides is 3. The van der Waals surface area contributed by atoms with Gasteiger partial charge in [-0.1, -0.05) is 89.7 Å². The minimum absolute atomic E-state index is 0.0120. The molecule has 5 N–H and O–H groups in total. The van der Waals surface area contributed by atoms with Gasteiger partial charge < -0.3 is 43.7 Å². The molecule has 3 amide bonds. The second kappa shape index (κ2) is 21.0. The maximum Gasteiger partial charge on any atom is 0.471 e. The number of halogens is 3. The number of carbonyl (C=O) groups excluding carboxylic acids is 3. The molecular weight excluding hydrogens is 888 g/mol. The molecule has 1 aliphatic carbocycles. The monoisotopic (exact) mass is 957 g/mol. The SMILES string of the molecule is C=C[C@@]1(NC(=O)C(F)(F)F)[C@@H](O[Si](C)(C)C(C)(C)C)[C@H](CO[Si](C)(C)C(C)(C)C)[C@H]2CN3C(=O)c4cccn4[C@H](O)[C@@]3(/N=C(/NC(=O)OCc3ccccc3)SC)[C@@H]21.CCO.CCO. The Hall–Kier alpha value is -3.51. The Bertz CT molecular complexity index is 1960. The van der Waals surface area contributed by atoms with E-state index in [9.17, 15) is 32.7 Å². The number of alkyl carbamates (subject to hydrolysis) is 1. The number of amides is 3.